The van der Waals surface area contributed by atoms with Crippen molar-refractivity contribution in [1.82, 2.24) is 9.97 Å². The number of nitrogens with zero attached hydrogens (tertiary/aromatic N) is 3. The average Bonchev–Trinajstić information content (AvgIpc) is 2.73. The number of pyridine rings is 1. The first-order chi connectivity index (χ1) is 8.15. The van der Waals surface area contributed by atoms with Gasteiger partial charge in [0.2, 0.25) is 5.89 Å². The predicted octanol–water partition coefficient (Wildman–Crippen LogP) is 1.90. The van der Waals surface area contributed by atoms with Crippen LogP contribution in [-0.4, -0.2) is 14.9 Å². The van der Waals surface area contributed by atoms with Crippen molar-refractivity contribution >= 4 is 11.5 Å². The Morgan fingerprint density at radius 1 is 1.41 bits per heavy atom. The van der Waals surface area contributed by atoms with Crippen LogP contribution in [0.15, 0.2) is 28.9 Å². The summed E-state index contributed by atoms with van der Waals surface area (Å²) < 4.78 is 5.26. The Balaban J connectivity index is 1.97. The van der Waals surface area contributed by atoms with E-state index in [9.17, 15) is 10.1 Å². The largest absolute Gasteiger partial charge is 0.444 e. The van der Waals surface area contributed by atoms with Crippen LogP contribution >= 0.6 is 0 Å². The highest BCUT2D eigenvalue weighted by molar-refractivity contribution is 5.39. The van der Waals surface area contributed by atoms with E-state index in [4.69, 9.17) is 4.42 Å². The molecule has 0 spiro atoms. The van der Waals surface area contributed by atoms with Crippen LogP contribution in [0.25, 0.3) is 0 Å². The van der Waals surface area contributed by atoms with Gasteiger partial charge in [0, 0.05) is 6.07 Å². The maximum absolute atomic E-state index is 10.4. The maximum Gasteiger partial charge on any atom is 0.287 e. The number of hydrogen-bond donors (Lipinski definition) is 1. The summed E-state index contributed by atoms with van der Waals surface area (Å²) in [6.45, 7) is 2.19. The highest BCUT2D eigenvalue weighted by Crippen LogP contribution is 2.12. The molecule has 2 rings (SSSR count). The number of nitro groups is 1. The molecule has 0 aliphatic heterocycles. The molecule has 2 heterocycles. The van der Waals surface area contributed by atoms with Crippen molar-refractivity contribution in [2.45, 2.75) is 13.5 Å². The second-order valence-corrected chi connectivity index (χ2v) is 3.38. The Labute approximate surface area is 96.7 Å². The topological polar surface area (TPSA) is 94.1 Å². The Hall–Kier alpha value is -2.44. The van der Waals surface area contributed by atoms with Gasteiger partial charge in [-0.2, -0.15) is 0 Å². The molecule has 1 N–H and O–H groups in total. The van der Waals surface area contributed by atoms with Crippen molar-refractivity contribution in [3.63, 3.8) is 0 Å². The quantitative estimate of drug-likeness (QED) is 0.641. The molecule has 0 bridgehead atoms. The summed E-state index contributed by atoms with van der Waals surface area (Å²) in [4.78, 5) is 17.8. The highest BCUT2D eigenvalue weighted by atomic mass is 16.6. The fourth-order valence-electron chi connectivity index (χ4n) is 1.25. The molecule has 88 valence electrons. The zero-order valence-electron chi connectivity index (χ0n) is 9.08. The van der Waals surface area contributed by atoms with E-state index in [1.807, 2.05) is 0 Å². The summed E-state index contributed by atoms with van der Waals surface area (Å²) in [6.07, 6.45) is 2.82. The zero-order chi connectivity index (χ0) is 12.3. The number of nitrogens with one attached hydrogen (secondary N) is 1. The zero-order valence-corrected chi connectivity index (χ0v) is 9.08. The molecule has 0 saturated carbocycles. The van der Waals surface area contributed by atoms with Gasteiger partial charge in [0.25, 0.3) is 5.69 Å². The first-order valence-corrected chi connectivity index (χ1v) is 4.91. The number of rotatable bonds is 4. The normalized spacial score (nSPS) is 10.2. The van der Waals surface area contributed by atoms with E-state index < -0.39 is 4.92 Å². The molecule has 0 radical (unpaired) electrons. The summed E-state index contributed by atoms with van der Waals surface area (Å²) in [5.74, 6) is 1.81. The Morgan fingerprint density at radius 2 is 2.24 bits per heavy atom. The lowest BCUT2D eigenvalue weighted by Crippen LogP contribution is -2.01. The van der Waals surface area contributed by atoms with E-state index in [2.05, 4.69) is 15.3 Å². The SMILES string of the molecule is Cc1cnc(CNc2ccc([N+](=O)[O-])cn2)o1. The fraction of sp³-hybridized carbons (Fsp3) is 0.200. The Bertz CT molecular complexity index is 521. The molecule has 0 aliphatic rings. The van der Waals surface area contributed by atoms with Crippen LogP contribution in [0, 0.1) is 17.0 Å². The van der Waals surface area contributed by atoms with Gasteiger partial charge >= 0.3 is 0 Å². The van der Waals surface area contributed by atoms with Crippen LogP contribution in [0.4, 0.5) is 11.5 Å². The van der Waals surface area contributed by atoms with E-state index in [0.29, 0.717) is 18.3 Å². The van der Waals surface area contributed by atoms with Crippen molar-refractivity contribution in [3.05, 3.63) is 46.3 Å². The van der Waals surface area contributed by atoms with Crippen molar-refractivity contribution in [2.75, 3.05) is 5.32 Å². The predicted molar refractivity (Wildman–Crippen MR) is 59.5 cm³/mol. The summed E-state index contributed by atoms with van der Waals surface area (Å²) in [6, 6.07) is 2.92. The van der Waals surface area contributed by atoms with Gasteiger partial charge in [0.05, 0.1) is 17.7 Å². The van der Waals surface area contributed by atoms with Gasteiger partial charge < -0.3 is 9.73 Å². The molecule has 7 heteroatoms. The molecule has 7 nitrogen and oxygen atoms in total. The number of anilines is 1. The average molecular weight is 234 g/mol. The molecule has 0 saturated heterocycles. The second kappa shape index (κ2) is 4.60. The fourth-order valence-corrected chi connectivity index (χ4v) is 1.25. The van der Waals surface area contributed by atoms with Gasteiger partial charge in [-0.15, -0.1) is 0 Å². The summed E-state index contributed by atoms with van der Waals surface area (Å²) in [5, 5.41) is 13.4. The highest BCUT2D eigenvalue weighted by Gasteiger charge is 2.05. The van der Waals surface area contributed by atoms with Gasteiger partial charge in [0.1, 0.15) is 17.8 Å². The molecule has 0 amide bonds. The van der Waals surface area contributed by atoms with E-state index >= 15 is 0 Å². The van der Waals surface area contributed by atoms with E-state index in [-0.39, 0.29) is 5.69 Å². The van der Waals surface area contributed by atoms with Gasteiger partial charge in [-0.3, -0.25) is 10.1 Å². The van der Waals surface area contributed by atoms with Crippen molar-refractivity contribution in [1.29, 1.82) is 0 Å². The summed E-state index contributed by atoms with van der Waals surface area (Å²) >= 11 is 0. The number of hydrogen-bond acceptors (Lipinski definition) is 6. The van der Waals surface area contributed by atoms with Crippen LogP contribution < -0.4 is 5.32 Å². The van der Waals surface area contributed by atoms with E-state index in [1.54, 1.807) is 13.1 Å². The lowest BCUT2D eigenvalue weighted by molar-refractivity contribution is -0.385. The molecular weight excluding hydrogens is 224 g/mol. The molecule has 0 unspecified atom stereocenters. The summed E-state index contributed by atoms with van der Waals surface area (Å²) in [5.41, 5.74) is -0.0393. The third-order valence-corrected chi connectivity index (χ3v) is 2.05. The first-order valence-electron chi connectivity index (χ1n) is 4.91. The maximum atomic E-state index is 10.4. The van der Waals surface area contributed by atoms with Crippen LogP contribution in [-0.2, 0) is 6.54 Å². The smallest absolute Gasteiger partial charge is 0.287 e. The van der Waals surface area contributed by atoms with Crippen molar-refractivity contribution in [2.24, 2.45) is 0 Å². The minimum atomic E-state index is -0.492. The molecule has 0 aromatic carbocycles. The van der Waals surface area contributed by atoms with Gasteiger partial charge in [-0.05, 0) is 13.0 Å². The standard InChI is InChI=1S/C10H10N4O3/c1-7-4-13-10(17-7)6-12-9-3-2-8(5-11-9)14(15)16/h2-5H,6H2,1H3,(H,11,12). The lowest BCUT2D eigenvalue weighted by atomic mass is 10.4. The van der Waals surface area contributed by atoms with Crippen molar-refractivity contribution in [3.8, 4) is 0 Å². The molecule has 0 fully saturated rings. The van der Waals surface area contributed by atoms with Gasteiger partial charge in [0.15, 0.2) is 0 Å². The summed E-state index contributed by atoms with van der Waals surface area (Å²) in [7, 11) is 0. The van der Waals surface area contributed by atoms with E-state index in [0.717, 1.165) is 5.76 Å². The third kappa shape index (κ3) is 2.77. The first kappa shape index (κ1) is 11.1. The monoisotopic (exact) mass is 234 g/mol. The molecular formula is C10H10N4O3. The molecule has 0 atom stereocenters. The molecule has 0 aliphatic carbocycles. The van der Waals surface area contributed by atoms with E-state index in [1.165, 1.54) is 18.3 Å². The minimum absolute atomic E-state index is 0.0393. The van der Waals surface area contributed by atoms with Gasteiger partial charge in [-0.25, -0.2) is 9.97 Å². The van der Waals surface area contributed by atoms with Gasteiger partial charge in [-0.1, -0.05) is 0 Å². The molecule has 2 aromatic heterocycles. The van der Waals surface area contributed by atoms with Crippen molar-refractivity contribution < 1.29 is 9.34 Å². The van der Waals surface area contributed by atoms with Crippen LogP contribution in [0.1, 0.15) is 11.7 Å². The second-order valence-electron chi connectivity index (χ2n) is 3.38. The Morgan fingerprint density at radius 3 is 2.76 bits per heavy atom. The van der Waals surface area contributed by atoms with Crippen LogP contribution in [0.5, 0.6) is 0 Å². The molecule has 17 heavy (non-hydrogen) atoms. The molecule has 2 aromatic rings. The third-order valence-electron chi connectivity index (χ3n) is 2.05. The number of aryl methyl sites for hydroxylation is 1. The van der Waals surface area contributed by atoms with Crippen LogP contribution in [0.3, 0.4) is 0 Å². The number of oxazole rings is 1. The Kier molecular flexibility index (Phi) is 2.99. The lowest BCUT2D eigenvalue weighted by Gasteiger charge is -2.01. The number of aromatic nitrogens is 2. The van der Waals surface area contributed by atoms with Crippen LogP contribution in [0.2, 0.25) is 0 Å². The minimum Gasteiger partial charge on any atom is -0.444 e.